The lowest BCUT2D eigenvalue weighted by molar-refractivity contribution is 0.545. The highest BCUT2D eigenvalue weighted by Gasteiger charge is 2.19. The van der Waals surface area contributed by atoms with Crippen LogP contribution in [-0.4, -0.2) is 23.6 Å². The van der Waals surface area contributed by atoms with E-state index in [1.165, 1.54) is 6.42 Å². The molecular formula is C13H25N5. The first kappa shape index (κ1) is 14.7. The number of hydrogen-bond acceptors (Lipinski definition) is 5. The number of hydrazine groups is 1. The Morgan fingerprint density at radius 3 is 2.50 bits per heavy atom. The molecule has 0 aromatic carbocycles. The maximum atomic E-state index is 5.47. The summed E-state index contributed by atoms with van der Waals surface area (Å²) in [5, 5.41) is 0. The van der Waals surface area contributed by atoms with Gasteiger partial charge in [-0.05, 0) is 6.42 Å². The standard InChI is InChI=1S/C13H25N5/c1-6-7-8-18(5)11-9-10(17-14)15-12(16-11)13(2,3)4/h9H,6-8,14H2,1-5H3,(H,15,16,17). The Morgan fingerprint density at radius 2 is 2.00 bits per heavy atom. The molecule has 0 bridgehead atoms. The summed E-state index contributed by atoms with van der Waals surface area (Å²) in [7, 11) is 2.05. The Kier molecular flexibility index (Phi) is 4.90. The zero-order valence-corrected chi connectivity index (χ0v) is 12.1. The molecule has 102 valence electrons. The fourth-order valence-corrected chi connectivity index (χ4v) is 1.55. The summed E-state index contributed by atoms with van der Waals surface area (Å²) in [5.41, 5.74) is 2.52. The van der Waals surface area contributed by atoms with E-state index in [9.17, 15) is 0 Å². The highest BCUT2D eigenvalue weighted by Crippen LogP contribution is 2.23. The zero-order valence-electron chi connectivity index (χ0n) is 12.1. The molecular weight excluding hydrogens is 226 g/mol. The van der Waals surface area contributed by atoms with E-state index in [-0.39, 0.29) is 5.41 Å². The van der Waals surface area contributed by atoms with Crippen LogP contribution in [0.5, 0.6) is 0 Å². The molecule has 0 amide bonds. The number of anilines is 2. The Labute approximate surface area is 110 Å². The first-order chi connectivity index (χ1) is 8.38. The van der Waals surface area contributed by atoms with Crippen molar-refractivity contribution in [2.24, 2.45) is 5.84 Å². The largest absolute Gasteiger partial charge is 0.360 e. The lowest BCUT2D eigenvalue weighted by Crippen LogP contribution is -2.24. The minimum atomic E-state index is -0.0901. The van der Waals surface area contributed by atoms with Gasteiger partial charge in [0.25, 0.3) is 0 Å². The van der Waals surface area contributed by atoms with Gasteiger partial charge in [0.1, 0.15) is 17.5 Å². The van der Waals surface area contributed by atoms with Crippen LogP contribution in [0.25, 0.3) is 0 Å². The van der Waals surface area contributed by atoms with Crippen molar-refractivity contribution >= 4 is 11.6 Å². The molecule has 0 spiro atoms. The fourth-order valence-electron chi connectivity index (χ4n) is 1.55. The number of hydrogen-bond donors (Lipinski definition) is 2. The molecule has 5 nitrogen and oxygen atoms in total. The summed E-state index contributed by atoms with van der Waals surface area (Å²) in [6.07, 6.45) is 2.32. The van der Waals surface area contributed by atoms with E-state index in [1.54, 1.807) is 0 Å². The molecule has 0 aliphatic rings. The number of unbranched alkanes of at least 4 members (excludes halogenated alkanes) is 1. The van der Waals surface area contributed by atoms with Crippen LogP contribution in [0, 0.1) is 0 Å². The molecule has 5 heteroatoms. The topological polar surface area (TPSA) is 67.1 Å². The van der Waals surface area contributed by atoms with Crippen LogP contribution in [0.4, 0.5) is 11.6 Å². The van der Waals surface area contributed by atoms with Crippen molar-refractivity contribution in [3.63, 3.8) is 0 Å². The summed E-state index contributed by atoms with van der Waals surface area (Å²) < 4.78 is 0. The molecule has 0 fully saturated rings. The van der Waals surface area contributed by atoms with Gasteiger partial charge in [-0.15, -0.1) is 0 Å². The minimum absolute atomic E-state index is 0.0901. The van der Waals surface area contributed by atoms with Crippen LogP contribution in [0.1, 0.15) is 46.4 Å². The van der Waals surface area contributed by atoms with Crippen molar-refractivity contribution in [2.45, 2.75) is 46.0 Å². The van der Waals surface area contributed by atoms with E-state index in [0.29, 0.717) is 5.82 Å². The average molecular weight is 251 g/mol. The Hall–Kier alpha value is -1.36. The number of nitrogens with two attached hydrogens (primary N) is 1. The van der Waals surface area contributed by atoms with Crippen molar-refractivity contribution in [2.75, 3.05) is 23.9 Å². The minimum Gasteiger partial charge on any atom is -0.360 e. The number of nitrogens with zero attached hydrogens (tertiary/aromatic N) is 3. The molecule has 18 heavy (non-hydrogen) atoms. The lowest BCUT2D eigenvalue weighted by atomic mass is 9.96. The van der Waals surface area contributed by atoms with Crippen LogP contribution in [0.3, 0.4) is 0 Å². The van der Waals surface area contributed by atoms with Crippen LogP contribution in [-0.2, 0) is 5.41 Å². The van der Waals surface area contributed by atoms with Crippen LogP contribution in [0.15, 0.2) is 6.07 Å². The summed E-state index contributed by atoms with van der Waals surface area (Å²) in [6, 6.07) is 1.88. The van der Waals surface area contributed by atoms with Crippen molar-refractivity contribution in [3.05, 3.63) is 11.9 Å². The third-order valence-electron chi connectivity index (χ3n) is 2.77. The summed E-state index contributed by atoms with van der Waals surface area (Å²) in [4.78, 5) is 11.2. The molecule has 0 aliphatic heterocycles. The maximum absolute atomic E-state index is 5.47. The van der Waals surface area contributed by atoms with Gasteiger partial charge < -0.3 is 10.3 Å². The van der Waals surface area contributed by atoms with Crippen molar-refractivity contribution in [1.82, 2.24) is 9.97 Å². The van der Waals surface area contributed by atoms with Crippen LogP contribution in [0.2, 0.25) is 0 Å². The van der Waals surface area contributed by atoms with Gasteiger partial charge in [0, 0.05) is 25.1 Å². The van der Waals surface area contributed by atoms with Gasteiger partial charge in [-0.2, -0.15) is 0 Å². The Bertz CT molecular complexity index is 383. The van der Waals surface area contributed by atoms with Crippen LogP contribution < -0.4 is 16.2 Å². The van der Waals surface area contributed by atoms with Crippen molar-refractivity contribution < 1.29 is 0 Å². The number of nitrogen functional groups attached to an aromatic ring is 1. The second kappa shape index (κ2) is 6.00. The van der Waals surface area contributed by atoms with Crippen molar-refractivity contribution in [1.29, 1.82) is 0 Å². The van der Waals surface area contributed by atoms with Gasteiger partial charge in [0.2, 0.25) is 0 Å². The normalized spacial score (nSPS) is 11.4. The van der Waals surface area contributed by atoms with E-state index in [0.717, 1.165) is 24.6 Å². The van der Waals surface area contributed by atoms with E-state index < -0.39 is 0 Å². The number of rotatable bonds is 5. The second-order valence-corrected chi connectivity index (χ2v) is 5.60. The molecule has 0 aliphatic carbocycles. The monoisotopic (exact) mass is 251 g/mol. The molecule has 1 aromatic rings. The first-order valence-corrected chi connectivity index (χ1v) is 6.45. The quantitative estimate of drug-likeness (QED) is 0.621. The molecule has 0 radical (unpaired) electrons. The summed E-state index contributed by atoms with van der Waals surface area (Å²) in [5.74, 6) is 7.85. The number of aromatic nitrogens is 2. The third-order valence-corrected chi connectivity index (χ3v) is 2.77. The second-order valence-electron chi connectivity index (χ2n) is 5.60. The lowest BCUT2D eigenvalue weighted by Gasteiger charge is -2.23. The van der Waals surface area contributed by atoms with Gasteiger partial charge >= 0.3 is 0 Å². The van der Waals surface area contributed by atoms with E-state index >= 15 is 0 Å². The smallest absolute Gasteiger partial charge is 0.145 e. The van der Waals surface area contributed by atoms with E-state index in [4.69, 9.17) is 5.84 Å². The van der Waals surface area contributed by atoms with Gasteiger partial charge in [-0.3, -0.25) is 0 Å². The molecule has 0 saturated carbocycles. The van der Waals surface area contributed by atoms with Crippen LogP contribution >= 0.6 is 0 Å². The highest BCUT2D eigenvalue weighted by molar-refractivity contribution is 5.48. The third kappa shape index (κ3) is 3.84. The Balaban J connectivity index is 3.04. The average Bonchev–Trinajstić information content (AvgIpc) is 2.34. The molecule has 0 atom stereocenters. The first-order valence-electron chi connectivity index (χ1n) is 6.45. The molecule has 3 N–H and O–H groups in total. The summed E-state index contributed by atoms with van der Waals surface area (Å²) in [6.45, 7) is 9.46. The zero-order chi connectivity index (χ0) is 13.8. The Morgan fingerprint density at radius 1 is 1.33 bits per heavy atom. The molecule has 0 unspecified atom stereocenters. The van der Waals surface area contributed by atoms with E-state index in [2.05, 4.69) is 48.0 Å². The highest BCUT2D eigenvalue weighted by atomic mass is 15.3. The van der Waals surface area contributed by atoms with Gasteiger partial charge in [-0.25, -0.2) is 15.8 Å². The molecule has 0 saturated heterocycles. The SMILES string of the molecule is CCCCN(C)c1cc(NN)nc(C(C)(C)C)n1. The van der Waals surface area contributed by atoms with Gasteiger partial charge in [0.15, 0.2) is 0 Å². The number of nitrogens with one attached hydrogen (secondary N) is 1. The van der Waals surface area contributed by atoms with E-state index in [1.807, 2.05) is 13.1 Å². The van der Waals surface area contributed by atoms with Gasteiger partial charge in [-0.1, -0.05) is 34.1 Å². The predicted molar refractivity (Wildman–Crippen MR) is 76.7 cm³/mol. The summed E-state index contributed by atoms with van der Waals surface area (Å²) >= 11 is 0. The predicted octanol–water partition coefficient (Wildman–Crippen LogP) is 2.30. The van der Waals surface area contributed by atoms with Crippen molar-refractivity contribution in [3.8, 4) is 0 Å². The maximum Gasteiger partial charge on any atom is 0.145 e. The fraction of sp³-hybridized carbons (Fsp3) is 0.692. The molecule has 1 aromatic heterocycles. The molecule has 1 rings (SSSR count). The molecule has 1 heterocycles. The van der Waals surface area contributed by atoms with Gasteiger partial charge in [0.05, 0.1) is 0 Å².